The number of nitrogens with zero attached hydrogens (tertiary/aromatic N) is 3. The molecule has 34 heavy (non-hydrogen) atoms. The normalized spacial score (nSPS) is 18.5. The minimum absolute atomic E-state index is 0.0133. The fraction of sp³-hybridized carbons (Fsp3) is 0.708. The molecule has 0 saturated carbocycles. The van der Waals surface area contributed by atoms with Crippen molar-refractivity contribution in [2.24, 2.45) is 0 Å². The van der Waals surface area contributed by atoms with Gasteiger partial charge in [0.2, 0.25) is 5.95 Å². The van der Waals surface area contributed by atoms with Gasteiger partial charge in [-0.15, -0.1) is 0 Å². The molecule has 0 aliphatic carbocycles. The molecule has 192 valence electrons. The second-order valence-electron chi connectivity index (χ2n) is 11.3. The van der Waals surface area contributed by atoms with Crippen LogP contribution in [-0.4, -0.2) is 74.8 Å². The van der Waals surface area contributed by atoms with Crippen LogP contribution in [0, 0.1) is 5.95 Å². The van der Waals surface area contributed by atoms with Crippen LogP contribution >= 0.6 is 0 Å². The van der Waals surface area contributed by atoms with Gasteiger partial charge in [-0.05, 0) is 58.0 Å². The van der Waals surface area contributed by atoms with Crippen molar-refractivity contribution in [3.05, 3.63) is 23.8 Å². The van der Waals surface area contributed by atoms with Crippen LogP contribution in [0.4, 0.5) is 14.9 Å². The molecule has 1 amide bonds. The molecule has 0 bridgehead atoms. The van der Waals surface area contributed by atoms with Crippen LogP contribution in [0.2, 0.25) is 18.1 Å². The first-order chi connectivity index (χ1) is 15.5. The number of rotatable bonds is 5. The molecule has 2 rings (SSSR count). The summed E-state index contributed by atoms with van der Waals surface area (Å²) in [5.74, 6) is -1.47. The van der Waals surface area contributed by atoms with E-state index in [1.54, 1.807) is 4.90 Å². The number of carbonyl (C=O) groups excluding carboxylic acids is 2. The van der Waals surface area contributed by atoms with Crippen molar-refractivity contribution in [3.63, 3.8) is 0 Å². The largest absolute Gasteiger partial charge is 0.464 e. The summed E-state index contributed by atoms with van der Waals surface area (Å²) in [4.78, 5) is 31.9. The predicted octanol–water partition coefficient (Wildman–Crippen LogP) is 4.84. The van der Waals surface area contributed by atoms with Gasteiger partial charge in [0.25, 0.3) is 0 Å². The molecule has 1 aliphatic rings. The zero-order valence-electron chi connectivity index (χ0n) is 22.2. The van der Waals surface area contributed by atoms with Crippen LogP contribution in [0.5, 0.6) is 0 Å². The third kappa shape index (κ3) is 6.68. The van der Waals surface area contributed by atoms with Crippen molar-refractivity contribution in [1.29, 1.82) is 0 Å². The van der Waals surface area contributed by atoms with E-state index in [0.29, 0.717) is 19.6 Å². The van der Waals surface area contributed by atoms with E-state index < -0.39 is 31.9 Å². The number of esters is 1. The molecule has 1 fully saturated rings. The molecule has 2 atom stereocenters. The van der Waals surface area contributed by atoms with Gasteiger partial charge >= 0.3 is 12.1 Å². The van der Waals surface area contributed by atoms with Gasteiger partial charge in [-0.1, -0.05) is 20.8 Å². The minimum atomic E-state index is -2.14. The smallest absolute Gasteiger partial charge is 0.410 e. The fourth-order valence-electron chi connectivity index (χ4n) is 3.58. The lowest BCUT2D eigenvalue weighted by Crippen LogP contribution is -2.61. The van der Waals surface area contributed by atoms with Crippen molar-refractivity contribution < 1.29 is 27.9 Å². The fourth-order valence-corrected chi connectivity index (χ4v) is 5.02. The van der Waals surface area contributed by atoms with Crippen LogP contribution in [0.1, 0.15) is 59.0 Å². The van der Waals surface area contributed by atoms with Gasteiger partial charge in [0.1, 0.15) is 5.60 Å². The molecule has 0 aromatic carbocycles. The van der Waals surface area contributed by atoms with Crippen LogP contribution in [-0.2, 0) is 13.9 Å². The van der Waals surface area contributed by atoms with Crippen LogP contribution < -0.4 is 4.90 Å². The maximum atomic E-state index is 15.1. The van der Waals surface area contributed by atoms with E-state index >= 15 is 4.39 Å². The Balaban J connectivity index is 2.39. The third-order valence-corrected chi connectivity index (χ3v) is 11.0. The van der Waals surface area contributed by atoms with Crippen molar-refractivity contribution >= 4 is 26.1 Å². The molecule has 8 nitrogen and oxygen atoms in total. The molecule has 0 spiro atoms. The van der Waals surface area contributed by atoms with Crippen molar-refractivity contribution in [2.75, 3.05) is 31.6 Å². The second-order valence-corrected chi connectivity index (χ2v) is 16.0. The molecule has 10 heteroatoms. The van der Waals surface area contributed by atoms with Gasteiger partial charge in [-0.3, -0.25) is 0 Å². The van der Waals surface area contributed by atoms with Crippen LogP contribution in [0.15, 0.2) is 12.1 Å². The number of ether oxygens (including phenoxy) is 2. The van der Waals surface area contributed by atoms with Gasteiger partial charge in [0.05, 0.1) is 24.9 Å². The Hall–Kier alpha value is -2.20. The van der Waals surface area contributed by atoms with Gasteiger partial charge in [0.15, 0.2) is 14.0 Å². The number of amides is 1. The number of anilines is 1. The summed E-state index contributed by atoms with van der Waals surface area (Å²) in [5.41, 5.74) is -0.461. The van der Waals surface area contributed by atoms with Crippen molar-refractivity contribution in [1.82, 2.24) is 9.88 Å². The first-order valence-corrected chi connectivity index (χ1v) is 14.5. The quantitative estimate of drug-likeness (QED) is 0.327. The highest BCUT2D eigenvalue weighted by Crippen LogP contribution is 2.38. The van der Waals surface area contributed by atoms with E-state index in [1.165, 1.54) is 19.2 Å². The third-order valence-electron chi connectivity index (χ3n) is 6.43. The molecule has 1 saturated heterocycles. The maximum Gasteiger partial charge on any atom is 0.410 e. The Morgan fingerprint density at radius 3 is 2.26 bits per heavy atom. The van der Waals surface area contributed by atoms with Gasteiger partial charge in [-0.2, -0.15) is 4.39 Å². The standard InChI is InChI=1S/C24H40FN3O5Si/c1-16(33-34(9,10)24(5,6)7)19-15-27(22(30)32-23(2,3)4)13-14-28(19)18-12-11-17(21(29)31-8)26-20(18)25/h11-12,16,19H,13-15H2,1-10H3/t16?,19-/m1/s1. The van der Waals surface area contributed by atoms with E-state index in [4.69, 9.17) is 9.16 Å². The summed E-state index contributed by atoms with van der Waals surface area (Å²) in [7, 11) is -0.920. The Morgan fingerprint density at radius 2 is 1.76 bits per heavy atom. The first kappa shape index (κ1) is 28.0. The van der Waals surface area contributed by atoms with E-state index in [1.807, 2.05) is 32.6 Å². The first-order valence-electron chi connectivity index (χ1n) is 11.6. The molecule has 1 aromatic rings. The molecular formula is C24H40FN3O5Si. The molecule has 1 unspecified atom stereocenters. The highest BCUT2D eigenvalue weighted by atomic mass is 28.4. The highest BCUT2D eigenvalue weighted by molar-refractivity contribution is 6.74. The average molecular weight is 498 g/mol. The zero-order chi connectivity index (χ0) is 26.1. The Labute approximate surface area is 203 Å². The monoisotopic (exact) mass is 497 g/mol. The van der Waals surface area contributed by atoms with Crippen LogP contribution in [0.3, 0.4) is 0 Å². The number of piperazine rings is 1. The molecule has 1 aliphatic heterocycles. The second kappa shape index (κ2) is 10.2. The van der Waals surface area contributed by atoms with Gasteiger partial charge in [-0.25, -0.2) is 14.6 Å². The van der Waals surface area contributed by atoms with E-state index in [9.17, 15) is 9.59 Å². The number of pyridine rings is 1. The topological polar surface area (TPSA) is 81.2 Å². The molecule has 1 aromatic heterocycles. The highest BCUT2D eigenvalue weighted by Gasteiger charge is 2.43. The van der Waals surface area contributed by atoms with Crippen molar-refractivity contribution in [2.45, 2.75) is 84.3 Å². The molecular weight excluding hydrogens is 457 g/mol. The van der Waals surface area contributed by atoms with Crippen molar-refractivity contribution in [3.8, 4) is 0 Å². The minimum Gasteiger partial charge on any atom is -0.464 e. The zero-order valence-corrected chi connectivity index (χ0v) is 23.2. The van der Waals surface area contributed by atoms with E-state index in [0.717, 1.165) is 0 Å². The summed E-state index contributed by atoms with van der Waals surface area (Å²) >= 11 is 0. The lowest BCUT2D eigenvalue weighted by Gasteiger charge is -2.47. The number of aromatic nitrogens is 1. The lowest BCUT2D eigenvalue weighted by molar-refractivity contribution is 0.0168. The van der Waals surface area contributed by atoms with Gasteiger partial charge < -0.3 is 23.7 Å². The van der Waals surface area contributed by atoms with Gasteiger partial charge in [0, 0.05) is 19.6 Å². The predicted molar refractivity (Wildman–Crippen MR) is 132 cm³/mol. The van der Waals surface area contributed by atoms with E-state index in [-0.39, 0.29) is 28.6 Å². The van der Waals surface area contributed by atoms with E-state index in [2.05, 4.69) is 43.6 Å². The number of methoxy groups -OCH3 is 1. The Bertz CT molecular complexity index is 898. The molecule has 0 radical (unpaired) electrons. The summed E-state index contributed by atoms with van der Waals surface area (Å²) in [6, 6.07) is 2.64. The summed E-state index contributed by atoms with van der Waals surface area (Å²) in [6.07, 6.45) is -0.706. The SMILES string of the molecule is COC(=O)c1ccc(N2CCN(C(=O)OC(C)(C)C)C[C@@H]2C(C)O[Si](C)(C)C(C)(C)C)c(F)n1. The summed E-state index contributed by atoms with van der Waals surface area (Å²) in [5, 5.41) is -0.0133. The number of halogens is 1. The maximum absolute atomic E-state index is 15.1. The Morgan fingerprint density at radius 1 is 1.15 bits per heavy atom. The number of hydrogen-bond acceptors (Lipinski definition) is 7. The number of hydrogen-bond donors (Lipinski definition) is 0. The lowest BCUT2D eigenvalue weighted by atomic mass is 10.1. The Kier molecular flexibility index (Phi) is 8.40. The summed E-state index contributed by atoms with van der Waals surface area (Å²) in [6.45, 7) is 19.3. The average Bonchev–Trinajstić information content (AvgIpc) is 2.70. The molecule has 2 heterocycles. The summed E-state index contributed by atoms with van der Waals surface area (Å²) < 4.78 is 31.9. The van der Waals surface area contributed by atoms with Crippen LogP contribution in [0.25, 0.3) is 0 Å². The molecule has 0 N–H and O–H groups in total. The number of carbonyl (C=O) groups is 2.